The van der Waals surface area contributed by atoms with Gasteiger partial charge >= 0.3 is 5.97 Å². The second kappa shape index (κ2) is 13.1. The van der Waals surface area contributed by atoms with Crippen molar-refractivity contribution >= 4 is 5.97 Å². The summed E-state index contributed by atoms with van der Waals surface area (Å²) in [4.78, 5) is 12.5. The highest BCUT2D eigenvalue weighted by molar-refractivity contribution is 5.91. The highest BCUT2D eigenvalue weighted by atomic mass is 19.2. The number of hydrogen-bond donors (Lipinski definition) is 0. The molecule has 1 fully saturated rings. The van der Waals surface area contributed by atoms with Gasteiger partial charge in [0.15, 0.2) is 23.1 Å². The van der Waals surface area contributed by atoms with Gasteiger partial charge in [-0.05, 0) is 80.3 Å². The number of unbranched alkanes of at least 4 members (excludes halogenated alkanes) is 1. The van der Waals surface area contributed by atoms with Crippen LogP contribution in [-0.4, -0.2) is 25.3 Å². The first-order valence-corrected chi connectivity index (χ1v) is 13.4. The molecule has 0 amide bonds. The highest BCUT2D eigenvalue weighted by Crippen LogP contribution is 2.38. The maximum absolute atomic E-state index is 15.1. The van der Waals surface area contributed by atoms with E-state index in [1.165, 1.54) is 30.3 Å². The summed E-state index contributed by atoms with van der Waals surface area (Å²) < 4.78 is 74.4. The molecule has 0 heterocycles. The minimum atomic E-state index is -1.35. The van der Waals surface area contributed by atoms with Crippen molar-refractivity contribution in [1.82, 2.24) is 0 Å². The van der Waals surface area contributed by atoms with E-state index >= 15 is 8.78 Å². The molecule has 0 unspecified atom stereocenters. The third kappa shape index (κ3) is 6.61. The Morgan fingerprint density at radius 2 is 1.46 bits per heavy atom. The fraction of sp³-hybridized carbons (Fsp3) is 0.387. The molecule has 0 bridgehead atoms. The first-order valence-electron chi connectivity index (χ1n) is 13.4. The summed E-state index contributed by atoms with van der Waals surface area (Å²) in [5.41, 5.74) is 0.823. The third-order valence-electron chi connectivity index (χ3n) is 7.02. The standard InChI is InChI=1S/C31H32F4O4/c1-3-5-18-38-22-12-10-20(11-13-22)24-15-14-23(27(32)28(24)33)19-6-8-21(9-7-19)31(36)39-26-17-16-25(37-4-2)29(34)30(26)35/h6-9,14-17,20,22H,3-5,10-13,18H2,1-2H3. The fourth-order valence-electron chi connectivity index (χ4n) is 4.84. The molecule has 0 aliphatic heterocycles. The number of rotatable bonds is 10. The van der Waals surface area contributed by atoms with Crippen molar-refractivity contribution in [3.8, 4) is 22.6 Å². The molecule has 0 aromatic heterocycles. The Morgan fingerprint density at radius 1 is 0.795 bits per heavy atom. The molecular weight excluding hydrogens is 512 g/mol. The lowest BCUT2D eigenvalue weighted by Gasteiger charge is -2.29. The van der Waals surface area contributed by atoms with Crippen molar-refractivity contribution in [3.05, 3.63) is 82.9 Å². The van der Waals surface area contributed by atoms with Crippen molar-refractivity contribution in [1.29, 1.82) is 0 Å². The number of carbonyl (C=O) groups is 1. The van der Waals surface area contributed by atoms with Gasteiger partial charge in [-0.1, -0.05) is 37.6 Å². The van der Waals surface area contributed by atoms with Gasteiger partial charge in [0.2, 0.25) is 11.6 Å². The van der Waals surface area contributed by atoms with E-state index in [1.54, 1.807) is 19.1 Å². The van der Waals surface area contributed by atoms with Gasteiger partial charge in [0.05, 0.1) is 18.3 Å². The molecule has 0 atom stereocenters. The van der Waals surface area contributed by atoms with Crippen molar-refractivity contribution < 1.29 is 36.6 Å². The second-order valence-electron chi connectivity index (χ2n) is 9.62. The van der Waals surface area contributed by atoms with E-state index in [0.717, 1.165) is 51.2 Å². The number of benzene rings is 3. The lowest BCUT2D eigenvalue weighted by Crippen LogP contribution is -2.22. The van der Waals surface area contributed by atoms with Crippen LogP contribution in [0.4, 0.5) is 17.6 Å². The fourth-order valence-corrected chi connectivity index (χ4v) is 4.84. The zero-order valence-corrected chi connectivity index (χ0v) is 22.1. The molecule has 0 saturated heterocycles. The van der Waals surface area contributed by atoms with Gasteiger partial charge in [0, 0.05) is 12.2 Å². The second-order valence-corrected chi connectivity index (χ2v) is 9.62. The van der Waals surface area contributed by atoms with Crippen LogP contribution in [0, 0.1) is 23.3 Å². The Labute approximate surface area is 225 Å². The number of carbonyl (C=O) groups excluding carboxylic acids is 1. The summed E-state index contributed by atoms with van der Waals surface area (Å²) >= 11 is 0. The van der Waals surface area contributed by atoms with E-state index < -0.39 is 35.0 Å². The van der Waals surface area contributed by atoms with E-state index in [9.17, 15) is 13.6 Å². The van der Waals surface area contributed by atoms with Crippen LogP contribution in [0.3, 0.4) is 0 Å². The monoisotopic (exact) mass is 544 g/mol. The highest BCUT2D eigenvalue weighted by Gasteiger charge is 2.27. The van der Waals surface area contributed by atoms with Crippen LogP contribution < -0.4 is 9.47 Å². The van der Waals surface area contributed by atoms with Crippen LogP contribution in [0.1, 0.15) is 74.2 Å². The predicted molar refractivity (Wildman–Crippen MR) is 140 cm³/mol. The first-order chi connectivity index (χ1) is 18.8. The maximum atomic E-state index is 15.1. The van der Waals surface area contributed by atoms with Gasteiger partial charge in [-0.3, -0.25) is 0 Å². The van der Waals surface area contributed by atoms with Crippen LogP contribution >= 0.6 is 0 Å². The summed E-state index contributed by atoms with van der Waals surface area (Å²) in [6.45, 7) is 4.61. The Morgan fingerprint density at radius 3 is 2.13 bits per heavy atom. The molecule has 8 heteroatoms. The zero-order chi connectivity index (χ0) is 27.9. The molecule has 1 aliphatic carbocycles. The Hall–Kier alpha value is -3.39. The topological polar surface area (TPSA) is 44.8 Å². The molecule has 208 valence electrons. The Kier molecular flexibility index (Phi) is 9.62. The van der Waals surface area contributed by atoms with Crippen molar-refractivity contribution in [3.63, 3.8) is 0 Å². The quantitative estimate of drug-likeness (QED) is 0.111. The third-order valence-corrected chi connectivity index (χ3v) is 7.02. The van der Waals surface area contributed by atoms with Gasteiger partial charge in [-0.25, -0.2) is 13.6 Å². The van der Waals surface area contributed by atoms with E-state index in [2.05, 4.69) is 6.92 Å². The van der Waals surface area contributed by atoms with Crippen LogP contribution in [0.25, 0.3) is 11.1 Å². The molecule has 1 saturated carbocycles. The molecule has 4 nitrogen and oxygen atoms in total. The average molecular weight is 545 g/mol. The molecular formula is C31H32F4O4. The van der Waals surface area contributed by atoms with Gasteiger partial charge in [0.25, 0.3) is 0 Å². The number of esters is 1. The van der Waals surface area contributed by atoms with Crippen LogP contribution in [0.5, 0.6) is 11.5 Å². The summed E-state index contributed by atoms with van der Waals surface area (Å²) in [5, 5.41) is 0. The molecule has 3 aromatic rings. The number of ether oxygens (including phenoxy) is 3. The minimum Gasteiger partial charge on any atom is -0.491 e. The van der Waals surface area contributed by atoms with Crippen molar-refractivity contribution in [2.75, 3.05) is 13.2 Å². The summed E-state index contributed by atoms with van der Waals surface area (Å²) in [6, 6.07) is 11.0. The van der Waals surface area contributed by atoms with E-state index in [1.807, 2.05) is 0 Å². The summed E-state index contributed by atoms with van der Waals surface area (Å²) in [6.07, 6.45) is 5.39. The molecule has 39 heavy (non-hydrogen) atoms. The van der Waals surface area contributed by atoms with Crippen LogP contribution in [0.2, 0.25) is 0 Å². The van der Waals surface area contributed by atoms with E-state index in [-0.39, 0.29) is 35.5 Å². The number of halogens is 4. The smallest absolute Gasteiger partial charge is 0.343 e. The lowest BCUT2D eigenvalue weighted by molar-refractivity contribution is 0.0230. The maximum Gasteiger partial charge on any atom is 0.343 e. The zero-order valence-electron chi connectivity index (χ0n) is 22.1. The van der Waals surface area contributed by atoms with E-state index in [0.29, 0.717) is 11.1 Å². The average Bonchev–Trinajstić information content (AvgIpc) is 2.95. The normalized spacial score (nSPS) is 17.2. The predicted octanol–water partition coefficient (Wildman–Crippen LogP) is 8.37. The largest absolute Gasteiger partial charge is 0.491 e. The van der Waals surface area contributed by atoms with Crippen molar-refractivity contribution in [2.24, 2.45) is 0 Å². The van der Waals surface area contributed by atoms with Crippen molar-refractivity contribution in [2.45, 2.75) is 64.4 Å². The van der Waals surface area contributed by atoms with Gasteiger partial charge in [-0.2, -0.15) is 8.78 Å². The number of hydrogen-bond acceptors (Lipinski definition) is 4. The van der Waals surface area contributed by atoms with Crippen LogP contribution in [0.15, 0.2) is 48.5 Å². The minimum absolute atomic E-state index is 0.0304. The Balaban J connectivity index is 1.43. The molecule has 3 aromatic carbocycles. The molecule has 0 N–H and O–H groups in total. The molecule has 0 spiro atoms. The van der Waals surface area contributed by atoms with Crippen LogP contribution in [-0.2, 0) is 4.74 Å². The molecule has 1 aliphatic rings. The lowest BCUT2D eigenvalue weighted by atomic mass is 9.82. The molecule has 0 radical (unpaired) electrons. The SMILES string of the molecule is CCCCOC1CCC(c2ccc(-c3ccc(C(=O)Oc4ccc(OCC)c(F)c4F)cc3)c(F)c2F)CC1. The summed E-state index contributed by atoms with van der Waals surface area (Å²) in [7, 11) is 0. The molecule has 4 rings (SSSR count). The van der Waals surface area contributed by atoms with Gasteiger partial charge in [0.1, 0.15) is 0 Å². The van der Waals surface area contributed by atoms with E-state index in [4.69, 9.17) is 14.2 Å². The summed E-state index contributed by atoms with van der Waals surface area (Å²) in [5.74, 6) is -6.29. The van der Waals surface area contributed by atoms with Gasteiger partial charge < -0.3 is 14.2 Å². The first kappa shape index (κ1) is 28.6. The Bertz CT molecular complexity index is 1280. The van der Waals surface area contributed by atoms with Gasteiger partial charge in [-0.15, -0.1) is 0 Å².